The number of pyridine rings is 2. The molecule has 2 aromatic carbocycles. The third-order valence-corrected chi connectivity index (χ3v) is 9.21. The zero-order valence-electron chi connectivity index (χ0n) is 31.5. The Morgan fingerprint density at radius 1 is 0.707 bits per heavy atom. The van der Waals surface area contributed by atoms with Gasteiger partial charge < -0.3 is 38.4 Å². The van der Waals surface area contributed by atoms with Crippen molar-refractivity contribution in [3.8, 4) is 34.0 Å². The smallest absolute Gasteiger partial charge is 0.358 e. The van der Waals surface area contributed by atoms with Crippen molar-refractivity contribution in [2.24, 2.45) is 0 Å². The first-order chi connectivity index (χ1) is 27.9. The number of methoxy groups -OCH3 is 4. The van der Waals surface area contributed by atoms with Crippen molar-refractivity contribution in [1.29, 1.82) is 0 Å². The number of allylic oxidation sites excluding steroid dienone is 1. The SMILES string of the molecule is C/C=C\c1c(NCc2ccco2)cc(-c2ccc(Cl)c(OC)c2F)nc1C(=O)OC.COC(=O)c1nc(-c2ccc(Cl)c(OC)c2F)cc(NCc2ccco2)c1Cl. The molecule has 2 N–H and O–H groups in total. The van der Waals surface area contributed by atoms with Crippen LogP contribution in [0.4, 0.5) is 20.2 Å². The van der Waals surface area contributed by atoms with E-state index in [0.717, 1.165) is 0 Å². The molecule has 0 saturated heterocycles. The fourth-order valence-electron chi connectivity index (χ4n) is 5.48. The van der Waals surface area contributed by atoms with Crippen LogP contribution in [0.3, 0.4) is 0 Å². The molecule has 12 nitrogen and oxygen atoms in total. The highest BCUT2D eigenvalue weighted by Crippen LogP contribution is 2.38. The second-order valence-corrected chi connectivity index (χ2v) is 13.0. The van der Waals surface area contributed by atoms with E-state index in [1.54, 1.807) is 42.7 Å². The molecule has 0 bridgehead atoms. The van der Waals surface area contributed by atoms with Crippen molar-refractivity contribution >= 4 is 64.2 Å². The van der Waals surface area contributed by atoms with Crippen molar-refractivity contribution in [2.75, 3.05) is 39.1 Å². The Bertz CT molecular complexity index is 2430. The van der Waals surface area contributed by atoms with Crippen LogP contribution in [0.1, 0.15) is 45.0 Å². The van der Waals surface area contributed by atoms with Crippen molar-refractivity contribution in [3.05, 3.63) is 134 Å². The van der Waals surface area contributed by atoms with E-state index >= 15 is 4.39 Å². The predicted molar refractivity (Wildman–Crippen MR) is 217 cm³/mol. The summed E-state index contributed by atoms with van der Waals surface area (Å²) in [5.74, 6) is -1.67. The predicted octanol–water partition coefficient (Wildman–Crippen LogP) is 10.8. The van der Waals surface area contributed by atoms with Gasteiger partial charge in [0.2, 0.25) is 0 Å². The largest absolute Gasteiger partial charge is 0.492 e. The summed E-state index contributed by atoms with van der Waals surface area (Å²) in [4.78, 5) is 33.1. The lowest BCUT2D eigenvalue weighted by atomic mass is 10.0. The van der Waals surface area contributed by atoms with Crippen molar-refractivity contribution in [3.63, 3.8) is 0 Å². The minimum absolute atomic E-state index is 0.0448. The van der Waals surface area contributed by atoms with E-state index in [9.17, 15) is 14.0 Å². The summed E-state index contributed by atoms with van der Waals surface area (Å²) in [6.45, 7) is 2.46. The standard InChI is InChI=1S/C22H20ClFN2O4.C19H15Cl2FN2O4/c1-4-6-15-17(25-12-13-7-5-10-30-13)11-18(26-20(15)22(27)29-3)14-8-9-16(23)21(28-2)19(14)24;1-26-18-12(20)6-5-11(16(18)22)13-8-14(23-9-10-4-3-7-28-10)15(21)17(24-13)19(25)27-2/h4-11H,12H2,1-3H3,(H,25,26);3-8H,9H2,1-2H3,(H,23,24)/b6-4-;. The van der Waals surface area contributed by atoms with Crippen LogP contribution in [0.5, 0.6) is 11.5 Å². The first-order valence-electron chi connectivity index (χ1n) is 17.1. The van der Waals surface area contributed by atoms with Gasteiger partial charge in [-0.05, 0) is 67.6 Å². The quantitative estimate of drug-likeness (QED) is 0.107. The molecule has 17 heteroatoms. The monoisotopic (exact) mass is 854 g/mol. The lowest BCUT2D eigenvalue weighted by molar-refractivity contribution is 0.0585. The van der Waals surface area contributed by atoms with Crippen molar-refractivity contribution in [1.82, 2.24) is 9.97 Å². The van der Waals surface area contributed by atoms with Crippen LogP contribution in [0.15, 0.2) is 88.1 Å². The van der Waals surface area contributed by atoms with E-state index < -0.39 is 23.6 Å². The van der Waals surface area contributed by atoms with E-state index in [-0.39, 0.29) is 60.5 Å². The Morgan fingerprint density at radius 3 is 1.62 bits per heavy atom. The van der Waals surface area contributed by atoms with Gasteiger partial charge in [-0.25, -0.2) is 28.3 Å². The zero-order chi connectivity index (χ0) is 41.9. The van der Waals surface area contributed by atoms with Gasteiger partial charge >= 0.3 is 11.9 Å². The molecule has 0 aliphatic heterocycles. The number of ether oxygens (including phenoxy) is 4. The van der Waals surface area contributed by atoms with Gasteiger partial charge in [0.25, 0.3) is 0 Å². The Morgan fingerprint density at radius 2 is 1.17 bits per heavy atom. The number of aromatic nitrogens is 2. The number of esters is 2. The van der Waals surface area contributed by atoms with Crippen LogP contribution in [0, 0.1) is 11.6 Å². The molecule has 0 aliphatic rings. The van der Waals surface area contributed by atoms with Gasteiger partial charge in [-0.3, -0.25) is 0 Å². The van der Waals surface area contributed by atoms with Crippen LogP contribution in [0.25, 0.3) is 28.6 Å². The summed E-state index contributed by atoms with van der Waals surface area (Å²) >= 11 is 18.3. The molecule has 4 aromatic heterocycles. The van der Waals surface area contributed by atoms with Crippen molar-refractivity contribution in [2.45, 2.75) is 20.0 Å². The molecule has 302 valence electrons. The average Bonchev–Trinajstić information content (AvgIpc) is 3.96. The molecule has 0 aliphatic carbocycles. The highest BCUT2D eigenvalue weighted by atomic mass is 35.5. The van der Waals surface area contributed by atoms with Crippen LogP contribution in [0.2, 0.25) is 15.1 Å². The molecule has 0 atom stereocenters. The molecule has 6 aromatic rings. The highest BCUT2D eigenvalue weighted by Gasteiger charge is 2.24. The number of benzene rings is 2. The fourth-order valence-corrected chi connectivity index (χ4v) is 6.17. The second-order valence-electron chi connectivity index (χ2n) is 11.8. The average molecular weight is 856 g/mol. The molecule has 0 radical (unpaired) electrons. The summed E-state index contributed by atoms with van der Waals surface area (Å²) in [7, 11) is 5.10. The first-order valence-corrected chi connectivity index (χ1v) is 18.2. The van der Waals surface area contributed by atoms with Crippen LogP contribution in [-0.4, -0.2) is 50.3 Å². The molecule has 4 heterocycles. The number of furan rings is 2. The first kappa shape index (κ1) is 43.0. The Labute approximate surface area is 346 Å². The number of anilines is 2. The van der Waals surface area contributed by atoms with Crippen LogP contribution in [-0.2, 0) is 22.6 Å². The third kappa shape index (κ3) is 9.71. The molecular weight excluding hydrogens is 821 g/mol. The molecule has 58 heavy (non-hydrogen) atoms. The molecule has 0 fully saturated rings. The van der Waals surface area contributed by atoms with Crippen LogP contribution < -0.4 is 20.1 Å². The van der Waals surface area contributed by atoms with E-state index in [1.807, 2.05) is 13.0 Å². The lowest BCUT2D eigenvalue weighted by Crippen LogP contribution is -2.11. The molecule has 0 unspecified atom stereocenters. The maximum absolute atomic E-state index is 15.0. The molecule has 0 amide bonds. The maximum Gasteiger partial charge on any atom is 0.358 e. The van der Waals surface area contributed by atoms with Gasteiger partial charge in [-0.1, -0.05) is 47.0 Å². The second kappa shape index (κ2) is 19.9. The Hall–Kier alpha value is -6.09. The van der Waals surface area contributed by atoms with Gasteiger partial charge in [0, 0.05) is 22.4 Å². The van der Waals surface area contributed by atoms with Gasteiger partial charge in [0.05, 0.1) is 86.2 Å². The number of nitrogens with one attached hydrogen (secondary N) is 2. The highest BCUT2D eigenvalue weighted by molar-refractivity contribution is 6.36. The lowest BCUT2D eigenvalue weighted by Gasteiger charge is -2.15. The number of nitrogens with zero attached hydrogens (tertiary/aromatic N) is 2. The molecule has 0 spiro atoms. The Kier molecular flexibility index (Phi) is 14.7. The number of hydrogen-bond donors (Lipinski definition) is 2. The molecule has 6 rings (SSSR count). The number of halogens is 5. The summed E-state index contributed by atoms with van der Waals surface area (Å²) < 4.78 is 60.2. The zero-order valence-corrected chi connectivity index (χ0v) is 33.8. The number of carbonyl (C=O) groups is 2. The summed E-state index contributed by atoms with van der Waals surface area (Å²) in [6, 6.07) is 16.2. The van der Waals surface area contributed by atoms with Crippen molar-refractivity contribution < 1.29 is 46.2 Å². The van der Waals surface area contributed by atoms with Gasteiger partial charge in [-0.2, -0.15) is 0 Å². The normalized spacial score (nSPS) is 10.8. The summed E-state index contributed by atoms with van der Waals surface area (Å²) in [5, 5.41) is 6.56. The number of hydrogen-bond acceptors (Lipinski definition) is 12. The minimum atomic E-state index is -0.755. The Balaban J connectivity index is 0.000000221. The van der Waals surface area contributed by atoms with Gasteiger partial charge in [-0.15, -0.1) is 0 Å². The van der Waals surface area contributed by atoms with Gasteiger partial charge in [0.1, 0.15) is 11.5 Å². The minimum Gasteiger partial charge on any atom is -0.492 e. The van der Waals surface area contributed by atoms with E-state index in [0.29, 0.717) is 41.5 Å². The molecule has 0 saturated carbocycles. The molecular formula is C41H35Cl3F2N4O8. The maximum atomic E-state index is 15.0. The van der Waals surface area contributed by atoms with Gasteiger partial charge in [0.15, 0.2) is 34.5 Å². The van der Waals surface area contributed by atoms with E-state index in [2.05, 4.69) is 20.6 Å². The number of carbonyl (C=O) groups excluding carboxylic acids is 2. The fraction of sp³-hybridized carbons (Fsp3) is 0.171. The number of rotatable bonds is 13. The summed E-state index contributed by atoms with van der Waals surface area (Å²) in [5.41, 5.74) is 1.91. The van der Waals surface area contributed by atoms with E-state index in [4.69, 9.17) is 62.6 Å². The third-order valence-electron chi connectivity index (χ3n) is 8.23. The van der Waals surface area contributed by atoms with Crippen LogP contribution >= 0.6 is 34.8 Å². The summed E-state index contributed by atoms with van der Waals surface area (Å²) in [6.07, 6.45) is 6.60. The topological polar surface area (TPSA) is 147 Å². The van der Waals surface area contributed by atoms with E-state index in [1.165, 1.54) is 65.0 Å².